The quantitative estimate of drug-likeness (QED) is 0.0182. The molecule has 5 N–H and O–H groups in total. The summed E-state index contributed by atoms with van der Waals surface area (Å²) in [6, 6.07) is 26.5. The Morgan fingerprint density at radius 2 is 0.868 bits per heavy atom. The van der Waals surface area contributed by atoms with E-state index in [2.05, 4.69) is 72.5 Å². The van der Waals surface area contributed by atoms with E-state index in [-0.39, 0.29) is 68.8 Å². The van der Waals surface area contributed by atoms with E-state index in [4.69, 9.17) is 9.47 Å². The van der Waals surface area contributed by atoms with Gasteiger partial charge in [-0.05, 0) is 68.5 Å². The first-order valence-corrected chi connectivity index (χ1v) is 29.6. The van der Waals surface area contributed by atoms with E-state index in [1.54, 1.807) is 0 Å². The van der Waals surface area contributed by atoms with Gasteiger partial charge >= 0.3 is 23.9 Å². The zero-order chi connectivity index (χ0) is 55.7. The molecule has 0 aliphatic carbocycles. The van der Waals surface area contributed by atoms with E-state index in [1.807, 2.05) is 61.5 Å². The van der Waals surface area contributed by atoms with Crippen molar-refractivity contribution in [2.45, 2.75) is 115 Å². The molecule has 0 aliphatic rings. The second-order valence-corrected chi connectivity index (χ2v) is 23.6. The summed E-state index contributed by atoms with van der Waals surface area (Å²) >= 11 is 0. The number of amides is 5. The van der Waals surface area contributed by atoms with Crippen molar-refractivity contribution < 1.29 is 66.9 Å². The van der Waals surface area contributed by atoms with Gasteiger partial charge in [0.2, 0.25) is 29.5 Å². The molecule has 0 saturated carbocycles. The number of methoxy groups -OCH3 is 4. The molecule has 3 aromatic carbocycles. The molecule has 22 heteroatoms. The highest BCUT2D eigenvalue weighted by molar-refractivity contribution is 8.76. The van der Waals surface area contributed by atoms with Gasteiger partial charge in [-0.15, -0.1) is 0 Å². The lowest BCUT2D eigenvalue weighted by Crippen LogP contribution is -2.50. The molecule has 0 fully saturated rings. The van der Waals surface area contributed by atoms with Crippen molar-refractivity contribution in [3.8, 4) is 0 Å². The fourth-order valence-corrected chi connectivity index (χ4v) is 14.7. The van der Waals surface area contributed by atoms with E-state index in [0.717, 1.165) is 54.8 Å². The van der Waals surface area contributed by atoms with Crippen LogP contribution in [0.15, 0.2) is 91.0 Å². The predicted octanol–water partition coefficient (Wildman–Crippen LogP) is 3.77. The van der Waals surface area contributed by atoms with Gasteiger partial charge < -0.3 is 45.5 Å². The molecule has 3 rings (SSSR count). The van der Waals surface area contributed by atoms with Crippen molar-refractivity contribution in [2.24, 2.45) is 0 Å². The topological polar surface area (TPSA) is 268 Å². The van der Waals surface area contributed by atoms with Gasteiger partial charge in [0.25, 0.3) is 0 Å². The van der Waals surface area contributed by atoms with Crippen LogP contribution in [0.2, 0.25) is 0 Å². The number of ether oxygens (including phenoxy) is 4. The lowest BCUT2D eigenvalue weighted by molar-refractivity contribution is -0.146. The van der Waals surface area contributed by atoms with Gasteiger partial charge in [-0.25, -0.2) is 9.59 Å². The van der Waals surface area contributed by atoms with Gasteiger partial charge in [0.15, 0.2) is 5.78 Å². The highest BCUT2D eigenvalue weighted by atomic mass is 33.1. The highest BCUT2D eigenvalue weighted by Gasteiger charge is 2.44. The van der Waals surface area contributed by atoms with Crippen LogP contribution >= 0.6 is 28.9 Å². The number of unbranched alkanes of at least 4 members (excludes halogenated alkanes) is 3. The van der Waals surface area contributed by atoms with Crippen molar-refractivity contribution >= 4 is 104 Å². The summed E-state index contributed by atoms with van der Waals surface area (Å²) in [6.07, 6.45) is 3.19. The molecular weight excluding hydrogens is 1040 g/mol. The minimum absolute atomic E-state index is 0.0703. The number of ketones is 1. The average Bonchev–Trinajstić information content (AvgIpc) is 3.44. The van der Waals surface area contributed by atoms with E-state index in [9.17, 15) is 47.9 Å². The number of hydrogen-bond acceptors (Lipinski definition) is 16. The standard InChI is InChI=1S/C54H72N5O14PS2/c1-6-7-11-26-46(61)56-42(54(69)73-5)29-32-49(64)59-44(52(67)55-35-51(66)71-3)37-76-75-36-43(45(60)30-33-50(65)70-2)58-48(63)31-28-41(53(68)72-4)57-47(62)27-18-19-34-74(38-20-12-8-13-21-38,39-22-14-9-15-23-39)40-24-16-10-17-25-40/h8-10,12-17,20-25,41-44H,6-7,11,18-19,26-37H2,1-5H3,(H4-,55,56,57,58,59,61,62,63,64,67)/p+1/t41-,42-,43-,44-/m0/s1. The lowest BCUT2D eigenvalue weighted by Gasteiger charge is -2.27. The van der Waals surface area contributed by atoms with Crippen LogP contribution in [0.4, 0.5) is 0 Å². The summed E-state index contributed by atoms with van der Waals surface area (Å²) < 4.78 is 19.1. The summed E-state index contributed by atoms with van der Waals surface area (Å²) in [5.41, 5.74) is 0. The number of nitrogens with one attached hydrogen (secondary N) is 5. The first kappa shape index (κ1) is 64.0. The lowest BCUT2D eigenvalue weighted by atomic mass is 10.1. The average molecular weight is 1110 g/mol. The molecule has 0 unspecified atom stereocenters. The van der Waals surface area contributed by atoms with Gasteiger partial charge in [-0.1, -0.05) is 96.0 Å². The molecule has 0 radical (unpaired) electrons. The first-order valence-electron chi connectivity index (χ1n) is 25.2. The van der Waals surface area contributed by atoms with Crippen molar-refractivity contribution in [2.75, 3.05) is 52.7 Å². The van der Waals surface area contributed by atoms with E-state index in [0.29, 0.717) is 19.3 Å². The van der Waals surface area contributed by atoms with Crippen LogP contribution < -0.4 is 42.5 Å². The van der Waals surface area contributed by atoms with Crippen molar-refractivity contribution in [1.29, 1.82) is 0 Å². The molecule has 3 aromatic rings. The molecule has 0 heterocycles. The van der Waals surface area contributed by atoms with Crippen LogP contribution in [0.1, 0.15) is 90.4 Å². The third-order valence-corrected chi connectivity index (χ3v) is 19.0. The number of carbonyl (C=O) groups excluding carboxylic acids is 10. The second-order valence-electron chi connectivity index (χ2n) is 17.5. The van der Waals surface area contributed by atoms with Crippen LogP contribution in [0.3, 0.4) is 0 Å². The Morgan fingerprint density at radius 3 is 1.30 bits per heavy atom. The molecule has 76 heavy (non-hydrogen) atoms. The predicted molar refractivity (Wildman–Crippen MR) is 294 cm³/mol. The summed E-state index contributed by atoms with van der Waals surface area (Å²) in [5.74, 6) is -6.41. The van der Waals surface area contributed by atoms with E-state index < -0.39 is 91.3 Å². The molecule has 5 amide bonds. The molecule has 0 aliphatic heterocycles. The molecule has 0 saturated heterocycles. The molecule has 414 valence electrons. The van der Waals surface area contributed by atoms with E-state index >= 15 is 0 Å². The molecule has 19 nitrogen and oxygen atoms in total. The molecular formula is C54H73N5O14PS2+. The Balaban J connectivity index is 1.65. The Labute approximate surface area is 453 Å². The first-order chi connectivity index (χ1) is 36.6. The van der Waals surface area contributed by atoms with Crippen molar-refractivity contribution in [3.05, 3.63) is 91.0 Å². The van der Waals surface area contributed by atoms with Gasteiger partial charge in [-0.2, -0.15) is 0 Å². The van der Waals surface area contributed by atoms with Crippen LogP contribution in [0.25, 0.3) is 0 Å². The number of esters is 4. The smallest absolute Gasteiger partial charge is 0.328 e. The van der Waals surface area contributed by atoms with Gasteiger partial charge in [0.1, 0.15) is 47.8 Å². The number of Topliss-reactive ketones (excluding diaryl/α,β-unsaturated/α-hetero) is 1. The Bertz CT molecular complexity index is 2260. The molecule has 0 bridgehead atoms. The Hall–Kier alpha value is -6.31. The Morgan fingerprint density at radius 1 is 0.461 bits per heavy atom. The maximum atomic E-state index is 13.5. The van der Waals surface area contributed by atoms with Crippen LogP contribution in [-0.2, 0) is 66.9 Å². The maximum absolute atomic E-state index is 13.5. The van der Waals surface area contributed by atoms with Crippen LogP contribution in [0, 0.1) is 0 Å². The molecule has 4 atom stereocenters. The Kier molecular flexibility index (Phi) is 30.2. The summed E-state index contributed by atoms with van der Waals surface area (Å²) in [5, 5.41) is 16.6. The number of benzene rings is 3. The molecule has 0 aromatic heterocycles. The van der Waals surface area contributed by atoms with Gasteiger partial charge in [0, 0.05) is 43.6 Å². The zero-order valence-electron chi connectivity index (χ0n) is 44.0. The molecule has 0 spiro atoms. The van der Waals surface area contributed by atoms with E-state index in [1.165, 1.54) is 30.1 Å². The highest BCUT2D eigenvalue weighted by Crippen LogP contribution is 2.56. The number of rotatable bonds is 36. The zero-order valence-corrected chi connectivity index (χ0v) is 46.5. The minimum Gasteiger partial charge on any atom is -0.469 e. The van der Waals surface area contributed by atoms with Crippen molar-refractivity contribution in [1.82, 2.24) is 26.6 Å². The second kappa shape index (κ2) is 35.9. The fourth-order valence-electron chi connectivity index (χ4n) is 7.94. The summed E-state index contributed by atoms with van der Waals surface area (Å²) in [6.45, 7) is 1.48. The van der Waals surface area contributed by atoms with Crippen molar-refractivity contribution in [3.63, 3.8) is 0 Å². The van der Waals surface area contributed by atoms with Gasteiger partial charge in [0.05, 0.1) is 47.1 Å². The van der Waals surface area contributed by atoms with Crippen LogP contribution in [-0.4, -0.2) is 136 Å². The number of hydrogen-bond donors (Lipinski definition) is 5. The minimum atomic E-state index is -2.13. The normalized spacial score (nSPS) is 12.5. The maximum Gasteiger partial charge on any atom is 0.328 e. The van der Waals surface area contributed by atoms with Crippen LogP contribution in [0.5, 0.6) is 0 Å². The largest absolute Gasteiger partial charge is 0.469 e. The number of carbonyl (C=O) groups is 10. The van der Waals surface area contributed by atoms with Gasteiger partial charge in [-0.3, -0.25) is 38.4 Å². The fraction of sp³-hybridized carbons (Fsp3) is 0.481. The summed E-state index contributed by atoms with van der Waals surface area (Å²) in [4.78, 5) is 128. The third-order valence-electron chi connectivity index (χ3n) is 12.1. The SMILES string of the molecule is CCCCCC(=O)N[C@@H](CCC(=O)N[C@@H](CSSC[C@H](NC(=O)CC[C@H](NC(=O)CCCC[P+](c1ccccc1)(c1ccccc1)c1ccccc1)C(=O)OC)C(=O)CCC(=O)OC)C(=O)NCC(=O)OC)C(=O)OC. The third kappa shape index (κ3) is 22.5. The monoisotopic (exact) mass is 1110 g/mol. The summed E-state index contributed by atoms with van der Waals surface area (Å²) in [7, 11) is 4.62.